The third kappa shape index (κ3) is 3.32. The Balaban J connectivity index is 2.42. The lowest BCUT2D eigenvalue weighted by atomic mass is 10.2. The smallest absolute Gasteiger partial charge is 0.337 e. The van der Waals surface area contributed by atoms with Crippen molar-refractivity contribution in [2.24, 2.45) is 0 Å². The fraction of sp³-hybridized carbons (Fsp3) is 0. The van der Waals surface area contributed by atoms with E-state index in [1.54, 1.807) is 0 Å². The fourth-order valence-corrected chi connectivity index (χ4v) is 2.96. The molecule has 0 amide bonds. The number of carboxylic acid groups (broad SMARTS) is 1. The Morgan fingerprint density at radius 2 is 1.86 bits per heavy atom. The predicted octanol–water partition coefficient (Wildman–Crippen LogP) is 2.98. The van der Waals surface area contributed by atoms with E-state index in [9.17, 15) is 17.6 Å². The Morgan fingerprint density at radius 3 is 2.48 bits per heavy atom. The molecule has 0 atom stereocenters. The zero-order valence-electron chi connectivity index (χ0n) is 10.4. The molecule has 0 aliphatic rings. The molecule has 8 heteroatoms. The van der Waals surface area contributed by atoms with Gasteiger partial charge < -0.3 is 5.11 Å². The first-order valence-electron chi connectivity index (χ1n) is 5.61. The fourth-order valence-electron chi connectivity index (χ4n) is 1.61. The number of anilines is 1. The molecule has 0 spiro atoms. The number of benzene rings is 2. The van der Waals surface area contributed by atoms with E-state index >= 15 is 0 Å². The zero-order valence-corrected chi connectivity index (χ0v) is 12.0. The molecule has 110 valence electrons. The quantitative estimate of drug-likeness (QED) is 0.903. The van der Waals surface area contributed by atoms with Crippen molar-refractivity contribution in [1.82, 2.24) is 0 Å². The topological polar surface area (TPSA) is 83.5 Å². The monoisotopic (exact) mass is 329 g/mol. The maximum atomic E-state index is 13.1. The molecule has 0 aliphatic carbocycles. The third-order valence-corrected chi connectivity index (χ3v) is 4.26. The van der Waals surface area contributed by atoms with Crippen LogP contribution in [0.2, 0.25) is 5.02 Å². The number of hydrogen-bond acceptors (Lipinski definition) is 3. The number of sulfonamides is 1. The van der Waals surface area contributed by atoms with Gasteiger partial charge in [-0.2, -0.15) is 0 Å². The zero-order chi connectivity index (χ0) is 15.6. The second kappa shape index (κ2) is 5.71. The Bertz CT molecular complexity index is 808. The van der Waals surface area contributed by atoms with E-state index in [0.29, 0.717) is 0 Å². The van der Waals surface area contributed by atoms with E-state index < -0.39 is 21.8 Å². The summed E-state index contributed by atoms with van der Waals surface area (Å²) < 4.78 is 39.5. The first-order chi connectivity index (χ1) is 9.81. The molecule has 2 aromatic carbocycles. The van der Waals surface area contributed by atoms with Crippen LogP contribution in [0.5, 0.6) is 0 Å². The summed E-state index contributed by atoms with van der Waals surface area (Å²) in [6, 6.07) is 8.43. The molecule has 0 fully saturated rings. The van der Waals surface area contributed by atoms with Gasteiger partial charge in [0.2, 0.25) is 0 Å². The third-order valence-electron chi connectivity index (χ3n) is 2.60. The average Bonchev–Trinajstić information content (AvgIpc) is 2.41. The van der Waals surface area contributed by atoms with Gasteiger partial charge in [-0.05, 0) is 30.3 Å². The van der Waals surface area contributed by atoms with Gasteiger partial charge in [0.1, 0.15) is 5.82 Å². The molecule has 0 aliphatic heterocycles. The largest absolute Gasteiger partial charge is 0.478 e. The van der Waals surface area contributed by atoms with Gasteiger partial charge in [-0.25, -0.2) is 17.6 Å². The second-order valence-corrected chi connectivity index (χ2v) is 6.12. The number of rotatable bonds is 4. The molecule has 5 nitrogen and oxygen atoms in total. The number of nitrogens with one attached hydrogen (secondary N) is 1. The van der Waals surface area contributed by atoms with Crippen LogP contribution in [0.25, 0.3) is 0 Å². The van der Waals surface area contributed by atoms with E-state index in [2.05, 4.69) is 4.72 Å². The van der Waals surface area contributed by atoms with E-state index in [-0.39, 0.29) is 21.2 Å². The Kier molecular flexibility index (Phi) is 4.15. The molecule has 21 heavy (non-hydrogen) atoms. The summed E-state index contributed by atoms with van der Waals surface area (Å²) in [5.74, 6) is -2.02. The highest BCUT2D eigenvalue weighted by molar-refractivity contribution is 7.92. The normalized spacial score (nSPS) is 11.1. The minimum Gasteiger partial charge on any atom is -0.478 e. The molecule has 0 bridgehead atoms. The highest BCUT2D eigenvalue weighted by Gasteiger charge is 2.19. The SMILES string of the molecule is O=C(O)c1ccccc1NS(=O)(=O)c1ccc(F)c(Cl)c1. The van der Waals surface area contributed by atoms with Gasteiger partial charge in [-0.3, -0.25) is 4.72 Å². The number of halogens is 2. The van der Waals surface area contributed by atoms with E-state index in [4.69, 9.17) is 16.7 Å². The predicted molar refractivity (Wildman–Crippen MR) is 75.6 cm³/mol. The van der Waals surface area contributed by atoms with Crippen molar-refractivity contribution < 1.29 is 22.7 Å². The molecule has 0 radical (unpaired) electrons. The Labute approximate surface area is 125 Å². The standard InChI is InChI=1S/C13H9ClFNO4S/c14-10-7-8(5-6-11(10)15)21(19,20)16-12-4-2-1-3-9(12)13(17)18/h1-7,16H,(H,17,18). The number of para-hydroxylation sites is 1. The van der Waals surface area contributed by atoms with Gasteiger partial charge in [-0.1, -0.05) is 23.7 Å². The number of carboxylic acids is 1. The molecular formula is C13H9ClFNO4S. The van der Waals surface area contributed by atoms with Crippen LogP contribution in [-0.2, 0) is 10.0 Å². The second-order valence-electron chi connectivity index (χ2n) is 4.03. The van der Waals surface area contributed by atoms with Crippen molar-refractivity contribution >= 4 is 33.3 Å². The summed E-state index contributed by atoms with van der Waals surface area (Å²) in [7, 11) is -4.07. The number of hydrogen-bond donors (Lipinski definition) is 2. The first kappa shape index (κ1) is 15.3. The molecular weight excluding hydrogens is 321 g/mol. The van der Waals surface area contributed by atoms with Crippen molar-refractivity contribution in [3.8, 4) is 0 Å². The van der Waals surface area contributed by atoms with Gasteiger partial charge in [0, 0.05) is 0 Å². The van der Waals surface area contributed by atoms with Crippen LogP contribution in [0.4, 0.5) is 10.1 Å². The molecule has 2 rings (SSSR count). The van der Waals surface area contributed by atoms with Crippen LogP contribution >= 0.6 is 11.6 Å². The molecule has 0 saturated carbocycles. The molecule has 0 unspecified atom stereocenters. The van der Waals surface area contributed by atoms with Gasteiger partial charge in [0.15, 0.2) is 0 Å². The lowest BCUT2D eigenvalue weighted by Crippen LogP contribution is -2.15. The lowest BCUT2D eigenvalue weighted by Gasteiger charge is -2.10. The summed E-state index contributed by atoms with van der Waals surface area (Å²) in [4.78, 5) is 10.8. The van der Waals surface area contributed by atoms with Crippen LogP contribution < -0.4 is 4.72 Å². The molecule has 2 N–H and O–H groups in total. The summed E-state index contributed by atoms with van der Waals surface area (Å²) in [5.41, 5.74) is -0.292. The van der Waals surface area contributed by atoms with E-state index in [1.165, 1.54) is 24.3 Å². The Hall–Kier alpha value is -2.12. The summed E-state index contributed by atoms with van der Waals surface area (Å²) in [6.07, 6.45) is 0. The van der Waals surface area contributed by atoms with Crippen molar-refractivity contribution in [1.29, 1.82) is 0 Å². The minimum atomic E-state index is -4.07. The number of carbonyl (C=O) groups is 1. The first-order valence-corrected chi connectivity index (χ1v) is 7.47. The van der Waals surface area contributed by atoms with Crippen LogP contribution in [0.15, 0.2) is 47.4 Å². The molecule has 2 aromatic rings. The van der Waals surface area contributed by atoms with Crippen LogP contribution in [-0.4, -0.2) is 19.5 Å². The van der Waals surface area contributed by atoms with Gasteiger partial charge in [0.05, 0.1) is 21.2 Å². The number of aromatic carboxylic acids is 1. The van der Waals surface area contributed by atoms with Crippen molar-refractivity contribution in [2.45, 2.75) is 4.90 Å². The van der Waals surface area contributed by atoms with Crippen LogP contribution in [0.3, 0.4) is 0 Å². The lowest BCUT2D eigenvalue weighted by molar-refractivity contribution is 0.0698. The maximum absolute atomic E-state index is 13.1. The minimum absolute atomic E-state index is 0.0922. The Morgan fingerprint density at radius 1 is 1.19 bits per heavy atom. The van der Waals surface area contributed by atoms with Gasteiger partial charge in [-0.15, -0.1) is 0 Å². The molecule has 0 aromatic heterocycles. The maximum Gasteiger partial charge on any atom is 0.337 e. The van der Waals surface area contributed by atoms with Crippen molar-refractivity contribution in [2.75, 3.05) is 4.72 Å². The molecule has 0 heterocycles. The van der Waals surface area contributed by atoms with Crippen molar-refractivity contribution in [3.63, 3.8) is 0 Å². The summed E-state index contributed by atoms with van der Waals surface area (Å²) in [5, 5.41) is 8.66. The molecule has 0 saturated heterocycles. The summed E-state index contributed by atoms with van der Waals surface area (Å²) in [6.45, 7) is 0. The highest BCUT2D eigenvalue weighted by Crippen LogP contribution is 2.23. The highest BCUT2D eigenvalue weighted by atomic mass is 35.5. The van der Waals surface area contributed by atoms with Gasteiger partial charge in [0.25, 0.3) is 10.0 Å². The van der Waals surface area contributed by atoms with Crippen LogP contribution in [0, 0.1) is 5.82 Å². The van der Waals surface area contributed by atoms with Crippen molar-refractivity contribution in [3.05, 3.63) is 58.9 Å². The van der Waals surface area contributed by atoms with Crippen LogP contribution in [0.1, 0.15) is 10.4 Å². The summed E-state index contributed by atoms with van der Waals surface area (Å²) >= 11 is 5.54. The van der Waals surface area contributed by atoms with E-state index in [1.807, 2.05) is 0 Å². The van der Waals surface area contributed by atoms with Gasteiger partial charge >= 0.3 is 5.97 Å². The average molecular weight is 330 g/mol. The van der Waals surface area contributed by atoms with E-state index in [0.717, 1.165) is 18.2 Å².